The van der Waals surface area contributed by atoms with Crippen LogP contribution in [-0.4, -0.2) is 31.5 Å². The molecule has 0 bridgehead atoms. The highest BCUT2D eigenvalue weighted by Gasteiger charge is 2.07. The maximum absolute atomic E-state index is 13.2. The van der Waals surface area contributed by atoms with E-state index in [1.807, 2.05) is 24.1 Å². The number of benzene rings is 2. The molecule has 0 amide bonds. The summed E-state index contributed by atoms with van der Waals surface area (Å²) in [5, 5.41) is 3.23. The molecule has 0 aliphatic rings. The summed E-state index contributed by atoms with van der Waals surface area (Å²) in [5.41, 5.74) is 1.81. The van der Waals surface area contributed by atoms with E-state index in [-0.39, 0.29) is 11.6 Å². The highest BCUT2D eigenvalue weighted by Crippen LogP contribution is 2.07. The molecule has 1 N–H and O–H groups in total. The van der Waals surface area contributed by atoms with E-state index in [1.54, 1.807) is 19.2 Å². The lowest BCUT2D eigenvalue weighted by molar-refractivity contribution is 0.475. The second-order valence-corrected chi connectivity index (χ2v) is 5.34. The van der Waals surface area contributed by atoms with Gasteiger partial charge in [0.2, 0.25) is 0 Å². The summed E-state index contributed by atoms with van der Waals surface area (Å²) in [4.78, 5) is 6.14. The molecule has 0 saturated carbocycles. The molecule has 5 heteroatoms. The predicted molar refractivity (Wildman–Crippen MR) is 89.3 cm³/mol. The second kappa shape index (κ2) is 8.27. The number of halogens is 2. The molecule has 0 radical (unpaired) electrons. The smallest absolute Gasteiger partial charge is 0.193 e. The van der Waals surface area contributed by atoms with E-state index >= 15 is 0 Å². The molecule has 2 aromatic carbocycles. The molecule has 2 rings (SSSR count). The highest BCUT2D eigenvalue weighted by molar-refractivity contribution is 5.79. The molecule has 122 valence electrons. The lowest BCUT2D eigenvalue weighted by atomic mass is 10.1. The van der Waals surface area contributed by atoms with Crippen LogP contribution in [0.1, 0.15) is 11.1 Å². The summed E-state index contributed by atoms with van der Waals surface area (Å²) in [6.45, 7) is 1.20. The SMILES string of the molecule is CN=C(NCCc1cccc(F)c1)N(C)Cc1cccc(F)c1. The monoisotopic (exact) mass is 317 g/mol. The van der Waals surface area contributed by atoms with Gasteiger partial charge in [-0.25, -0.2) is 8.78 Å². The number of guanidine groups is 1. The topological polar surface area (TPSA) is 27.6 Å². The Kier molecular flexibility index (Phi) is 6.09. The Labute approximate surface area is 135 Å². The molecule has 0 aromatic heterocycles. The summed E-state index contributed by atoms with van der Waals surface area (Å²) in [5.74, 6) is 0.241. The number of rotatable bonds is 5. The van der Waals surface area contributed by atoms with Crippen LogP contribution in [-0.2, 0) is 13.0 Å². The highest BCUT2D eigenvalue weighted by atomic mass is 19.1. The Hall–Kier alpha value is -2.43. The lowest BCUT2D eigenvalue weighted by Crippen LogP contribution is -2.39. The Morgan fingerprint density at radius 2 is 1.65 bits per heavy atom. The minimum absolute atomic E-state index is 0.227. The third-order valence-corrected chi connectivity index (χ3v) is 3.47. The summed E-state index contributed by atoms with van der Waals surface area (Å²) in [6, 6.07) is 13.1. The maximum Gasteiger partial charge on any atom is 0.193 e. The molecular formula is C18H21F2N3. The number of hydrogen-bond acceptors (Lipinski definition) is 1. The molecule has 0 aliphatic carbocycles. The van der Waals surface area contributed by atoms with Crippen LogP contribution in [0.25, 0.3) is 0 Å². The molecule has 0 heterocycles. The molecule has 3 nitrogen and oxygen atoms in total. The summed E-state index contributed by atoms with van der Waals surface area (Å²) in [7, 11) is 3.59. The summed E-state index contributed by atoms with van der Waals surface area (Å²) < 4.78 is 26.4. The quantitative estimate of drug-likeness (QED) is 0.677. The van der Waals surface area contributed by atoms with Crippen LogP contribution >= 0.6 is 0 Å². The van der Waals surface area contributed by atoms with E-state index in [9.17, 15) is 8.78 Å². The van der Waals surface area contributed by atoms with Crippen molar-refractivity contribution in [3.8, 4) is 0 Å². The normalized spacial score (nSPS) is 11.4. The first-order valence-electron chi connectivity index (χ1n) is 7.49. The summed E-state index contributed by atoms with van der Waals surface area (Å²) >= 11 is 0. The number of hydrogen-bond donors (Lipinski definition) is 1. The average Bonchev–Trinajstić information content (AvgIpc) is 2.51. The molecule has 0 atom stereocenters. The fourth-order valence-electron chi connectivity index (χ4n) is 2.38. The van der Waals surface area contributed by atoms with Crippen LogP contribution in [0, 0.1) is 11.6 Å². The zero-order chi connectivity index (χ0) is 16.7. The molecule has 2 aromatic rings. The van der Waals surface area contributed by atoms with Crippen molar-refractivity contribution in [1.82, 2.24) is 10.2 Å². The van der Waals surface area contributed by atoms with Gasteiger partial charge in [0.1, 0.15) is 11.6 Å². The second-order valence-electron chi connectivity index (χ2n) is 5.34. The van der Waals surface area contributed by atoms with E-state index in [0.717, 1.165) is 11.1 Å². The largest absolute Gasteiger partial charge is 0.356 e. The average molecular weight is 317 g/mol. The molecular weight excluding hydrogens is 296 g/mol. The van der Waals surface area contributed by atoms with Gasteiger partial charge in [-0.1, -0.05) is 24.3 Å². The van der Waals surface area contributed by atoms with Gasteiger partial charge in [0.25, 0.3) is 0 Å². The maximum atomic E-state index is 13.2. The molecule has 0 saturated heterocycles. The van der Waals surface area contributed by atoms with Crippen molar-refractivity contribution >= 4 is 5.96 Å². The molecule has 0 aliphatic heterocycles. The first kappa shape index (κ1) is 16.9. The first-order chi connectivity index (χ1) is 11.1. The van der Waals surface area contributed by atoms with Crippen LogP contribution in [0.3, 0.4) is 0 Å². The van der Waals surface area contributed by atoms with Gasteiger partial charge in [-0.3, -0.25) is 4.99 Å². The van der Waals surface area contributed by atoms with E-state index in [0.29, 0.717) is 25.5 Å². The van der Waals surface area contributed by atoms with Gasteiger partial charge in [-0.15, -0.1) is 0 Å². The molecule has 0 spiro atoms. The van der Waals surface area contributed by atoms with Crippen molar-refractivity contribution in [3.05, 3.63) is 71.3 Å². The molecule has 0 fully saturated rings. The van der Waals surface area contributed by atoms with Crippen molar-refractivity contribution in [2.24, 2.45) is 4.99 Å². The number of nitrogens with zero attached hydrogens (tertiary/aromatic N) is 2. The molecule has 23 heavy (non-hydrogen) atoms. The fraction of sp³-hybridized carbons (Fsp3) is 0.278. The predicted octanol–water partition coefficient (Wildman–Crippen LogP) is 3.21. The van der Waals surface area contributed by atoms with Crippen molar-refractivity contribution < 1.29 is 8.78 Å². The third-order valence-electron chi connectivity index (χ3n) is 3.47. The van der Waals surface area contributed by atoms with Gasteiger partial charge in [0.05, 0.1) is 0 Å². The van der Waals surface area contributed by atoms with E-state index < -0.39 is 0 Å². The Bertz CT molecular complexity index is 671. The van der Waals surface area contributed by atoms with Gasteiger partial charge < -0.3 is 10.2 Å². The van der Waals surface area contributed by atoms with E-state index in [1.165, 1.54) is 24.3 Å². The first-order valence-corrected chi connectivity index (χ1v) is 7.49. The van der Waals surface area contributed by atoms with Gasteiger partial charge in [0.15, 0.2) is 5.96 Å². The van der Waals surface area contributed by atoms with Crippen molar-refractivity contribution in [3.63, 3.8) is 0 Å². The van der Waals surface area contributed by atoms with Gasteiger partial charge in [-0.05, 0) is 41.8 Å². The van der Waals surface area contributed by atoms with Crippen molar-refractivity contribution in [2.45, 2.75) is 13.0 Å². The zero-order valence-corrected chi connectivity index (χ0v) is 13.4. The Balaban J connectivity index is 1.87. The molecule has 0 unspecified atom stereocenters. The van der Waals surface area contributed by atoms with Gasteiger partial charge in [-0.2, -0.15) is 0 Å². The Morgan fingerprint density at radius 1 is 1.04 bits per heavy atom. The van der Waals surface area contributed by atoms with Crippen molar-refractivity contribution in [1.29, 1.82) is 0 Å². The van der Waals surface area contributed by atoms with Gasteiger partial charge in [0, 0.05) is 27.2 Å². The summed E-state index contributed by atoms with van der Waals surface area (Å²) in [6.07, 6.45) is 0.699. The third kappa shape index (κ3) is 5.36. The standard InChI is InChI=1S/C18H21F2N3/c1-21-18(22-10-9-14-5-3-7-16(19)11-14)23(2)13-15-6-4-8-17(20)12-15/h3-8,11-12H,9-10,13H2,1-2H3,(H,21,22). The van der Waals surface area contributed by atoms with Crippen LogP contribution in [0.2, 0.25) is 0 Å². The van der Waals surface area contributed by atoms with E-state index in [2.05, 4.69) is 10.3 Å². The van der Waals surface area contributed by atoms with Crippen molar-refractivity contribution in [2.75, 3.05) is 20.6 Å². The van der Waals surface area contributed by atoms with Crippen LogP contribution in [0.5, 0.6) is 0 Å². The van der Waals surface area contributed by atoms with E-state index in [4.69, 9.17) is 0 Å². The van der Waals surface area contributed by atoms with Crippen LogP contribution < -0.4 is 5.32 Å². The van der Waals surface area contributed by atoms with Crippen LogP contribution in [0.15, 0.2) is 53.5 Å². The minimum atomic E-state index is -0.245. The minimum Gasteiger partial charge on any atom is -0.356 e. The Morgan fingerprint density at radius 3 is 2.26 bits per heavy atom. The zero-order valence-electron chi connectivity index (χ0n) is 13.4. The van der Waals surface area contributed by atoms with Gasteiger partial charge >= 0.3 is 0 Å². The fourth-order valence-corrected chi connectivity index (χ4v) is 2.38. The number of nitrogens with one attached hydrogen (secondary N) is 1. The lowest BCUT2D eigenvalue weighted by Gasteiger charge is -2.22. The number of aliphatic imine (C=N–C) groups is 1. The van der Waals surface area contributed by atoms with Crippen LogP contribution in [0.4, 0.5) is 8.78 Å².